The summed E-state index contributed by atoms with van der Waals surface area (Å²) < 4.78 is 0. The highest BCUT2D eigenvalue weighted by atomic mass is 14.8. The second-order valence-corrected chi connectivity index (χ2v) is 5.29. The quantitative estimate of drug-likeness (QED) is 0.443. The monoisotopic (exact) mass is 272 g/mol. The molecule has 0 aromatic rings. The molecule has 0 aromatic carbocycles. The van der Waals surface area contributed by atoms with Gasteiger partial charge in [-0.25, -0.2) is 0 Å². The minimum Gasteiger partial charge on any atom is -0.333 e. The minimum absolute atomic E-state index is 1.24. The topological polar surface area (TPSA) is 38.0 Å². The van der Waals surface area contributed by atoms with E-state index in [4.69, 9.17) is 0 Å². The summed E-state index contributed by atoms with van der Waals surface area (Å²) >= 11 is 0. The molecule has 0 bridgehead atoms. The summed E-state index contributed by atoms with van der Waals surface area (Å²) in [6, 6.07) is 0. The van der Waals surface area contributed by atoms with E-state index in [1.54, 1.807) is 0 Å². The van der Waals surface area contributed by atoms with Gasteiger partial charge in [-0.1, -0.05) is 78.1 Å². The number of hydrogen-bond donors (Lipinski definition) is 2. The van der Waals surface area contributed by atoms with Gasteiger partial charge in [0, 0.05) is 0 Å². The van der Waals surface area contributed by atoms with Crippen LogP contribution in [0.5, 0.6) is 0 Å². The predicted octanol–water partition coefficient (Wildman–Crippen LogP) is 4.87. The second kappa shape index (κ2) is 23.0. The van der Waals surface area contributed by atoms with Gasteiger partial charge in [-0.2, -0.15) is 0 Å². The summed E-state index contributed by atoms with van der Waals surface area (Å²) in [5.41, 5.74) is 4.50. The molecule has 0 fully saturated rings. The zero-order valence-electron chi connectivity index (χ0n) is 14.0. The average Bonchev–Trinajstić information content (AvgIpc) is 2.46. The highest BCUT2D eigenvalue weighted by Gasteiger charge is 1.92. The van der Waals surface area contributed by atoms with Crippen LogP contribution in [0.1, 0.15) is 90.9 Å². The van der Waals surface area contributed by atoms with Crippen molar-refractivity contribution in [3.8, 4) is 0 Å². The summed E-state index contributed by atoms with van der Waals surface area (Å²) in [7, 11) is 1.50. The van der Waals surface area contributed by atoms with E-state index >= 15 is 0 Å². The van der Waals surface area contributed by atoms with Crippen molar-refractivity contribution in [2.24, 2.45) is 5.73 Å². The Morgan fingerprint density at radius 3 is 1.21 bits per heavy atom. The van der Waals surface area contributed by atoms with Gasteiger partial charge in [0.15, 0.2) is 0 Å². The molecule has 0 amide bonds. The lowest BCUT2D eigenvalue weighted by Gasteiger charge is -2.04. The van der Waals surface area contributed by atoms with Crippen LogP contribution in [0.15, 0.2) is 0 Å². The van der Waals surface area contributed by atoms with Gasteiger partial charge >= 0.3 is 0 Å². The number of hydrogen-bond acceptors (Lipinski definition) is 2. The van der Waals surface area contributed by atoms with Gasteiger partial charge in [-0.05, 0) is 33.0 Å². The lowest BCUT2D eigenvalue weighted by atomic mass is 10.1. The molecule has 0 spiro atoms. The molecule has 0 aliphatic rings. The smallest absolute Gasteiger partial charge is 0.00489 e. The Hall–Kier alpha value is -0.0800. The van der Waals surface area contributed by atoms with E-state index in [1.807, 2.05) is 0 Å². The molecule has 0 radical (unpaired) electrons. The first-order valence-electron chi connectivity index (χ1n) is 8.70. The molecule has 0 atom stereocenters. The van der Waals surface area contributed by atoms with Crippen molar-refractivity contribution in [1.82, 2.24) is 5.32 Å². The number of nitrogens with one attached hydrogen (secondary N) is 1. The number of rotatable bonds is 14. The summed E-state index contributed by atoms with van der Waals surface area (Å²) in [6.07, 6.45) is 16.9. The molecule has 19 heavy (non-hydrogen) atoms. The van der Waals surface area contributed by atoms with Gasteiger partial charge in [-0.3, -0.25) is 0 Å². The van der Waals surface area contributed by atoms with E-state index in [1.165, 1.54) is 97.2 Å². The molecule has 0 saturated heterocycles. The third kappa shape index (κ3) is 23.4. The summed E-state index contributed by atoms with van der Waals surface area (Å²) in [4.78, 5) is 0. The van der Waals surface area contributed by atoms with Gasteiger partial charge in [-0.15, -0.1) is 0 Å². The van der Waals surface area contributed by atoms with E-state index in [-0.39, 0.29) is 0 Å². The maximum absolute atomic E-state index is 4.50. The average molecular weight is 273 g/mol. The Bertz CT molecular complexity index is 112. The van der Waals surface area contributed by atoms with Crippen molar-refractivity contribution >= 4 is 0 Å². The van der Waals surface area contributed by atoms with E-state index in [0.29, 0.717) is 0 Å². The van der Waals surface area contributed by atoms with Gasteiger partial charge < -0.3 is 11.1 Å². The normalized spacial score (nSPS) is 10.1. The van der Waals surface area contributed by atoms with Crippen molar-refractivity contribution in [3.05, 3.63) is 0 Å². The van der Waals surface area contributed by atoms with Crippen LogP contribution in [0.4, 0.5) is 0 Å². The van der Waals surface area contributed by atoms with Gasteiger partial charge in [0.1, 0.15) is 0 Å². The van der Waals surface area contributed by atoms with Crippen molar-refractivity contribution < 1.29 is 0 Å². The Balaban J connectivity index is 0. The molecular weight excluding hydrogens is 232 g/mol. The molecule has 2 heteroatoms. The largest absolute Gasteiger partial charge is 0.333 e. The SMILES string of the molecule is CCCCCCCCNCCCCCCCC.CN. The van der Waals surface area contributed by atoms with Crippen LogP contribution in [0.2, 0.25) is 0 Å². The zero-order valence-corrected chi connectivity index (χ0v) is 14.0. The molecule has 118 valence electrons. The van der Waals surface area contributed by atoms with Crippen LogP contribution in [0, 0.1) is 0 Å². The van der Waals surface area contributed by atoms with Crippen molar-refractivity contribution in [3.63, 3.8) is 0 Å². The van der Waals surface area contributed by atoms with Crippen molar-refractivity contribution in [2.75, 3.05) is 20.1 Å². The standard InChI is InChI=1S/C16H35N.CH5N/c1-3-5-7-9-11-13-15-17-16-14-12-10-8-6-4-2;1-2/h17H,3-16H2,1-2H3;2H2,1H3. The zero-order chi connectivity index (χ0) is 14.6. The number of nitrogens with two attached hydrogens (primary N) is 1. The van der Waals surface area contributed by atoms with E-state index in [2.05, 4.69) is 24.9 Å². The van der Waals surface area contributed by atoms with Crippen molar-refractivity contribution in [2.45, 2.75) is 90.9 Å². The highest BCUT2D eigenvalue weighted by molar-refractivity contribution is 4.51. The van der Waals surface area contributed by atoms with Crippen LogP contribution < -0.4 is 11.1 Å². The van der Waals surface area contributed by atoms with Crippen molar-refractivity contribution in [1.29, 1.82) is 0 Å². The molecule has 0 aliphatic carbocycles. The maximum atomic E-state index is 4.50. The first-order valence-corrected chi connectivity index (χ1v) is 8.70. The molecule has 2 nitrogen and oxygen atoms in total. The summed E-state index contributed by atoms with van der Waals surface area (Å²) in [5, 5.41) is 3.57. The fourth-order valence-corrected chi connectivity index (χ4v) is 2.19. The fourth-order valence-electron chi connectivity index (χ4n) is 2.19. The molecular formula is C17H40N2. The summed E-state index contributed by atoms with van der Waals surface area (Å²) in [6.45, 7) is 7.03. The van der Waals surface area contributed by atoms with Crippen LogP contribution >= 0.6 is 0 Å². The second-order valence-electron chi connectivity index (χ2n) is 5.29. The van der Waals surface area contributed by atoms with Gasteiger partial charge in [0.05, 0.1) is 0 Å². The fraction of sp³-hybridized carbons (Fsp3) is 1.00. The van der Waals surface area contributed by atoms with Crippen LogP contribution in [-0.2, 0) is 0 Å². The predicted molar refractivity (Wildman–Crippen MR) is 89.7 cm³/mol. The first kappa shape index (κ1) is 21.2. The lowest BCUT2D eigenvalue weighted by molar-refractivity contribution is 0.543. The lowest BCUT2D eigenvalue weighted by Crippen LogP contribution is -2.16. The molecule has 0 aromatic heterocycles. The number of unbranched alkanes of at least 4 members (excludes halogenated alkanes) is 10. The third-order valence-electron chi connectivity index (χ3n) is 3.41. The highest BCUT2D eigenvalue weighted by Crippen LogP contribution is 2.05. The Morgan fingerprint density at radius 1 is 0.526 bits per heavy atom. The molecule has 0 saturated carbocycles. The van der Waals surface area contributed by atoms with Crippen LogP contribution in [-0.4, -0.2) is 20.1 Å². The molecule has 0 aliphatic heterocycles. The van der Waals surface area contributed by atoms with Crippen LogP contribution in [0.25, 0.3) is 0 Å². The van der Waals surface area contributed by atoms with E-state index in [0.717, 1.165) is 0 Å². The maximum Gasteiger partial charge on any atom is -0.00489 e. The van der Waals surface area contributed by atoms with E-state index in [9.17, 15) is 0 Å². The van der Waals surface area contributed by atoms with Crippen LogP contribution in [0.3, 0.4) is 0 Å². The molecule has 3 N–H and O–H groups in total. The van der Waals surface area contributed by atoms with E-state index < -0.39 is 0 Å². The Labute approximate surface area is 122 Å². The Morgan fingerprint density at radius 2 is 0.842 bits per heavy atom. The molecule has 0 heterocycles. The minimum atomic E-state index is 1.24. The summed E-state index contributed by atoms with van der Waals surface area (Å²) in [5.74, 6) is 0. The molecule has 0 rings (SSSR count). The third-order valence-corrected chi connectivity index (χ3v) is 3.41. The van der Waals surface area contributed by atoms with Gasteiger partial charge in [0.2, 0.25) is 0 Å². The first-order chi connectivity index (χ1) is 9.41. The Kier molecular flexibility index (Phi) is 25.7. The molecule has 0 unspecified atom stereocenters. The van der Waals surface area contributed by atoms with Gasteiger partial charge in [0.25, 0.3) is 0 Å².